The fourth-order valence-corrected chi connectivity index (χ4v) is 1.71. The third kappa shape index (κ3) is 4.04. The van der Waals surface area contributed by atoms with Crippen LogP contribution >= 0.6 is 0 Å². The molecule has 0 aliphatic carbocycles. The highest BCUT2D eigenvalue weighted by molar-refractivity contribution is 5.86. The van der Waals surface area contributed by atoms with Crippen molar-refractivity contribution < 1.29 is 14.7 Å². The van der Waals surface area contributed by atoms with Crippen molar-refractivity contribution in [3.05, 3.63) is 11.4 Å². The van der Waals surface area contributed by atoms with Crippen molar-refractivity contribution in [2.24, 2.45) is 5.92 Å². The summed E-state index contributed by atoms with van der Waals surface area (Å²) in [4.78, 5) is 23.0. The van der Waals surface area contributed by atoms with Crippen LogP contribution in [0.3, 0.4) is 0 Å². The maximum absolute atomic E-state index is 11.9. The fourth-order valence-electron chi connectivity index (χ4n) is 1.71. The minimum absolute atomic E-state index is 0.00727. The quantitative estimate of drug-likeness (QED) is 0.780. The maximum atomic E-state index is 11.9. The van der Waals surface area contributed by atoms with Gasteiger partial charge in [0.05, 0.1) is 5.69 Å². The number of aromatic nitrogens is 3. The molecule has 0 saturated heterocycles. The number of nitrogens with one attached hydrogen (secondary N) is 1. The van der Waals surface area contributed by atoms with Gasteiger partial charge in [-0.3, -0.25) is 4.79 Å². The van der Waals surface area contributed by atoms with Gasteiger partial charge in [0.1, 0.15) is 6.54 Å². The second-order valence-electron chi connectivity index (χ2n) is 5.20. The standard InChI is InChI=1S/C13H22N4O3/c1-5-6-10-12(13(19)20)15-16-17(10)7-11(18)14-9(4)8(2)3/h8-9H,5-7H2,1-4H3,(H,14,18)(H,19,20). The molecule has 0 aliphatic heterocycles. The van der Waals surface area contributed by atoms with Crippen LogP contribution in [0.4, 0.5) is 0 Å². The molecule has 0 bridgehead atoms. The first-order valence-electron chi connectivity index (χ1n) is 6.81. The third-order valence-electron chi connectivity index (χ3n) is 3.21. The second-order valence-corrected chi connectivity index (χ2v) is 5.20. The van der Waals surface area contributed by atoms with Gasteiger partial charge in [-0.25, -0.2) is 9.48 Å². The molecule has 0 aromatic carbocycles. The number of hydrogen-bond donors (Lipinski definition) is 2. The van der Waals surface area contributed by atoms with Gasteiger partial charge in [0.2, 0.25) is 5.91 Å². The van der Waals surface area contributed by atoms with Crippen molar-refractivity contribution in [2.45, 2.75) is 53.1 Å². The number of nitrogens with zero attached hydrogens (tertiary/aromatic N) is 3. The molecule has 7 nitrogen and oxygen atoms in total. The SMILES string of the molecule is CCCc1c(C(=O)O)nnn1CC(=O)NC(C)C(C)C. The molecule has 1 amide bonds. The number of carboxylic acids is 1. The lowest BCUT2D eigenvalue weighted by Gasteiger charge is -2.17. The summed E-state index contributed by atoms with van der Waals surface area (Å²) in [5.74, 6) is -0.972. The van der Waals surface area contributed by atoms with Gasteiger partial charge in [0.15, 0.2) is 5.69 Å². The Balaban J connectivity index is 2.81. The number of amides is 1. The number of aromatic carboxylic acids is 1. The summed E-state index contributed by atoms with van der Waals surface area (Å²) in [6.45, 7) is 7.90. The molecule has 0 aliphatic rings. The van der Waals surface area contributed by atoms with Crippen LogP contribution in [0.5, 0.6) is 0 Å². The minimum Gasteiger partial charge on any atom is -0.476 e. The van der Waals surface area contributed by atoms with Crippen molar-refractivity contribution in [3.63, 3.8) is 0 Å². The Morgan fingerprint density at radius 1 is 1.35 bits per heavy atom. The van der Waals surface area contributed by atoms with E-state index < -0.39 is 5.97 Å². The van der Waals surface area contributed by atoms with Gasteiger partial charge in [-0.05, 0) is 19.3 Å². The van der Waals surface area contributed by atoms with E-state index in [2.05, 4.69) is 15.6 Å². The summed E-state index contributed by atoms with van der Waals surface area (Å²) >= 11 is 0. The Bertz CT molecular complexity index is 482. The van der Waals surface area contributed by atoms with E-state index in [1.165, 1.54) is 4.68 Å². The van der Waals surface area contributed by atoms with E-state index in [1.54, 1.807) is 0 Å². The smallest absolute Gasteiger partial charge is 0.358 e. The molecule has 0 saturated carbocycles. The largest absolute Gasteiger partial charge is 0.476 e. The summed E-state index contributed by atoms with van der Waals surface area (Å²) in [7, 11) is 0. The summed E-state index contributed by atoms with van der Waals surface area (Å²) in [5.41, 5.74) is 0.420. The Morgan fingerprint density at radius 3 is 2.50 bits per heavy atom. The lowest BCUT2D eigenvalue weighted by atomic mass is 10.1. The van der Waals surface area contributed by atoms with Gasteiger partial charge in [0, 0.05) is 6.04 Å². The first-order chi connectivity index (χ1) is 9.36. The van der Waals surface area contributed by atoms with Gasteiger partial charge in [-0.1, -0.05) is 32.4 Å². The van der Waals surface area contributed by atoms with Crippen LogP contribution in [0.1, 0.15) is 50.3 Å². The molecule has 20 heavy (non-hydrogen) atoms. The molecule has 1 heterocycles. The van der Waals surface area contributed by atoms with E-state index >= 15 is 0 Å². The molecule has 112 valence electrons. The van der Waals surface area contributed by atoms with Crippen LogP contribution < -0.4 is 5.32 Å². The number of carbonyl (C=O) groups is 2. The lowest BCUT2D eigenvalue weighted by molar-refractivity contribution is -0.122. The van der Waals surface area contributed by atoms with E-state index in [0.29, 0.717) is 18.0 Å². The van der Waals surface area contributed by atoms with Crippen LogP contribution in [-0.2, 0) is 17.8 Å². The van der Waals surface area contributed by atoms with E-state index in [9.17, 15) is 9.59 Å². The number of rotatable bonds is 7. The zero-order valence-corrected chi connectivity index (χ0v) is 12.4. The average molecular weight is 282 g/mol. The highest BCUT2D eigenvalue weighted by Crippen LogP contribution is 2.09. The topological polar surface area (TPSA) is 97.1 Å². The van der Waals surface area contributed by atoms with Crippen molar-refractivity contribution in [1.29, 1.82) is 0 Å². The molecular weight excluding hydrogens is 260 g/mol. The molecule has 0 fully saturated rings. The molecule has 1 aromatic heterocycles. The van der Waals surface area contributed by atoms with Crippen LogP contribution in [0.15, 0.2) is 0 Å². The molecule has 2 N–H and O–H groups in total. The van der Waals surface area contributed by atoms with Crippen molar-refractivity contribution in [3.8, 4) is 0 Å². The first kappa shape index (κ1) is 16.1. The predicted molar refractivity (Wildman–Crippen MR) is 73.4 cm³/mol. The van der Waals surface area contributed by atoms with Gasteiger partial charge in [-0.15, -0.1) is 5.10 Å². The van der Waals surface area contributed by atoms with Crippen LogP contribution in [0, 0.1) is 5.92 Å². The molecule has 0 radical (unpaired) electrons. The van der Waals surface area contributed by atoms with E-state index in [1.807, 2.05) is 27.7 Å². The normalized spacial score (nSPS) is 12.4. The Morgan fingerprint density at radius 2 is 2.00 bits per heavy atom. The number of carbonyl (C=O) groups excluding carboxylic acids is 1. The molecule has 1 aromatic rings. The Labute approximate surface area is 118 Å². The number of hydrogen-bond acceptors (Lipinski definition) is 4. The van der Waals surface area contributed by atoms with E-state index in [0.717, 1.165) is 6.42 Å². The predicted octanol–water partition coefficient (Wildman–Crippen LogP) is 1.09. The van der Waals surface area contributed by atoms with Crippen molar-refractivity contribution in [1.82, 2.24) is 20.3 Å². The summed E-state index contributed by atoms with van der Waals surface area (Å²) < 4.78 is 1.37. The zero-order valence-electron chi connectivity index (χ0n) is 12.4. The second kappa shape index (κ2) is 7.02. The van der Waals surface area contributed by atoms with E-state index in [-0.39, 0.29) is 24.2 Å². The average Bonchev–Trinajstić information content (AvgIpc) is 2.72. The number of carboxylic acid groups (broad SMARTS) is 1. The molecule has 7 heteroatoms. The minimum atomic E-state index is -1.12. The molecule has 0 spiro atoms. The summed E-state index contributed by atoms with van der Waals surface area (Å²) in [6, 6.07) is 0.0552. The van der Waals surface area contributed by atoms with Gasteiger partial charge in [0.25, 0.3) is 0 Å². The van der Waals surface area contributed by atoms with Crippen LogP contribution in [-0.4, -0.2) is 38.0 Å². The Hall–Kier alpha value is -1.92. The lowest BCUT2D eigenvalue weighted by Crippen LogP contribution is -2.38. The summed E-state index contributed by atoms with van der Waals surface area (Å²) in [6.07, 6.45) is 1.29. The van der Waals surface area contributed by atoms with Crippen molar-refractivity contribution >= 4 is 11.9 Å². The maximum Gasteiger partial charge on any atom is 0.358 e. The van der Waals surface area contributed by atoms with Gasteiger partial charge in [-0.2, -0.15) is 0 Å². The van der Waals surface area contributed by atoms with Crippen molar-refractivity contribution in [2.75, 3.05) is 0 Å². The highest BCUT2D eigenvalue weighted by Gasteiger charge is 2.20. The van der Waals surface area contributed by atoms with Crippen LogP contribution in [0.2, 0.25) is 0 Å². The summed E-state index contributed by atoms with van der Waals surface area (Å²) in [5, 5.41) is 19.3. The third-order valence-corrected chi connectivity index (χ3v) is 3.21. The molecule has 1 rings (SSSR count). The highest BCUT2D eigenvalue weighted by atomic mass is 16.4. The van der Waals surface area contributed by atoms with E-state index in [4.69, 9.17) is 5.11 Å². The molecule has 1 unspecified atom stereocenters. The monoisotopic (exact) mass is 282 g/mol. The fraction of sp³-hybridized carbons (Fsp3) is 0.692. The Kier molecular flexibility index (Phi) is 5.66. The first-order valence-corrected chi connectivity index (χ1v) is 6.81. The van der Waals surface area contributed by atoms with Gasteiger partial charge >= 0.3 is 5.97 Å². The van der Waals surface area contributed by atoms with Gasteiger partial charge < -0.3 is 10.4 Å². The molecule has 1 atom stereocenters. The van der Waals surface area contributed by atoms with Crippen LogP contribution in [0.25, 0.3) is 0 Å². The zero-order chi connectivity index (χ0) is 15.3. The molecular formula is C13H22N4O3.